The fourth-order valence-corrected chi connectivity index (χ4v) is 6.59. The van der Waals surface area contributed by atoms with Crippen LogP contribution in [-0.4, -0.2) is 83.9 Å². The number of halogens is 6. The van der Waals surface area contributed by atoms with E-state index in [9.17, 15) is 41.5 Å². The smallest absolute Gasteiger partial charge is 0.461 e. The number of nitrogens with one attached hydrogen (secondary N) is 3. The number of piperidine rings is 2. The molecule has 246 valence electrons. The van der Waals surface area contributed by atoms with E-state index < -0.39 is 89.9 Å². The monoisotopic (exact) mass is 638 g/mol. The molecule has 0 unspecified atom stereocenters. The highest BCUT2D eigenvalue weighted by Gasteiger charge is 2.61. The highest BCUT2D eigenvalue weighted by Crippen LogP contribution is 2.49. The van der Waals surface area contributed by atoms with Crippen LogP contribution in [0.1, 0.15) is 64.7 Å². The third kappa shape index (κ3) is 7.48. The van der Waals surface area contributed by atoms with Gasteiger partial charge in [0.05, 0.1) is 18.6 Å². The number of ether oxygens (including phenoxy) is 1. The first-order valence-corrected chi connectivity index (χ1v) is 14.8. The molecule has 2 aliphatic carbocycles. The Morgan fingerprint density at radius 3 is 2.34 bits per heavy atom. The van der Waals surface area contributed by atoms with Gasteiger partial charge in [-0.25, -0.2) is 13.6 Å². The zero-order valence-corrected chi connectivity index (χ0v) is 24.1. The van der Waals surface area contributed by atoms with Crippen LogP contribution in [-0.2, 0) is 28.7 Å². The van der Waals surface area contributed by atoms with Crippen LogP contribution in [0, 0.1) is 17.8 Å². The SMILES string of the molecule is CCOC(=O)/C(F)=C\[C@@H](C[C@@H]1CCNC1=O)NC(=O)[C@@H]1[C@@H]2CC[C@@H](CC2(F)F)N1C(=O)[C@@H](CC1CCC1)NC(=O)C(F)(F)F. The van der Waals surface area contributed by atoms with E-state index in [1.807, 2.05) is 0 Å². The van der Waals surface area contributed by atoms with E-state index in [1.54, 1.807) is 5.32 Å². The highest BCUT2D eigenvalue weighted by atomic mass is 19.4. The quantitative estimate of drug-likeness (QED) is 0.181. The van der Waals surface area contributed by atoms with E-state index >= 15 is 8.78 Å². The molecule has 0 aromatic rings. The van der Waals surface area contributed by atoms with Crippen molar-refractivity contribution in [1.29, 1.82) is 0 Å². The largest absolute Gasteiger partial charge is 0.471 e. The topological polar surface area (TPSA) is 134 Å². The minimum absolute atomic E-state index is 0.0577. The Kier molecular flexibility index (Phi) is 10.2. The van der Waals surface area contributed by atoms with Gasteiger partial charge in [-0.15, -0.1) is 0 Å². The van der Waals surface area contributed by atoms with Gasteiger partial charge < -0.3 is 25.6 Å². The Morgan fingerprint density at radius 2 is 1.80 bits per heavy atom. The van der Waals surface area contributed by atoms with Crippen molar-refractivity contribution >= 4 is 29.6 Å². The average molecular weight is 639 g/mol. The van der Waals surface area contributed by atoms with Gasteiger partial charge in [0.15, 0.2) is 0 Å². The zero-order chi connectivity index (χ0) is 32.4. The molecule has 3 saturated heterocycles. The molecule has 5 fully saturated rings. The molecule has 44 heavy (non-hydrogen) atoms. The van der Waals surface area contributed by atoms with Gasteiger partial charge in [0.1, 0.15) is 12.1 Å². The number of alkyl halides is 5. The second-order valence-electron chi connectivity index (χ2n) is 11.9. The Morgan fingerprint density at radius 1 is 1.09 bits per heavy atom. The van der Waals surface area contributed by atoms with Gasteiger partial charge in [-0.2, -0.15) is 17.6 Å². The number of fused-ring (bicyclic) bond motifs is 3. The first-order chi connectivity index (χ1) is 20.6. The van der Waals surface area contributed by atoms with Crippen molar-refractivity contribution in [3.63, 3.8) is 0 Å². The van der Waals surface area contributed by atoms with Crippen molar-refractivity contribution in [3.05, 3.63) is 11.9 Å². The van der Waals surface area contributed by atoms with Gasteiger partial charge in [0, 0.05) is 24.9 Å². The molecular weight excluding hydrogens is 602 g/mol. The van der Waals surface area contributed by atoms with Crippen molar-refractivity contribution in [2.24, 2.45) is 17.8 Å². The predicted molar refractivity (Wildman–Crippen MR) is 140 cm³/mol. The summed E-state index contributed by atoms with van der Waals surface area (Å²) >= 11 is 0. The van der Waals surface area contributed by atoms with Crippen molar-refractivity contribution in [2.45, 2.75) is 101 Å². The maximum absolute atomic E-state index is 15.2. The van der Waals surface area contributed by atoms with E-state index in [-0.39, 0.29) is 38.2 Å². The molecule has 0 aromatic heterocycles. The number of esters is 1. The third-order valence-corrected chi connectivity index (χ3v) is 8.96. The van der Waals surface area contributed by atoms with E-state index in [4.69, 9.17) is 0 Å². The minimum atomic E-state index is -5.31. The summed E-state index contributed by atoms with van der Waals surface area (Å²) in [5.41, 5.74) is 0. The van der Waals surface area contributed by atoms with Crippen LogP contribution in [0.15, 0.2) is 11.9 Å². The number of carbonyl (C=O) groups is 5. The Labute approximate surface area is 249 Å². The lowest BCUT2D eigenvalue weighted by Gasteiger charge is -2.54. The van der Waals surface area contributed by atoms with Crippen LogP contribution < -0.4 is 16.0 Å². The average Bonchev–Trinajstić information content (AvgIpc) is 3.31. The van der Waals surface area contributed by atoms with Crippen molar-refractivity contribution in [3.8, 4) is 0 Å². The van der Waals surface area contributed by atoms with Gasteiger partial charge in [0.25, 0.3) is 5.92 Å². The van der Waals surface area contributed by atoms with Crippen LogP contribution >= 0.6 is 0 Å². The second-order valence-corrected chi connectivity index (χ2v) is 11.9. The first-order valence-electron chi connectivity index (χ1n) is 14.8. The molecular formula is C28H36F6N4O6. The summed E-state index contributed by atoms with van der Waals surface area (Å²) in [6.45, 7) is 1.58. The molecule has 2 bridgehead atoms. The molecule has 5 aliphatic rings. The van der Waals surface area contributed by atoms with E-state index in [1.165, 1.54) is 6.92 Å². The maximum Gasteiger partial charge on any atom is 0.471 e. The molecule has 3 N–H and O–H groups in total. The number of hydrogen-bond donors (Lipinski definition) is 3. The number of hydrogen-bond acceptors (Lipinski definition) is 6. The molecule has 6 atom stereocenters. The van der Waals surface area contributed by atoms with E-state index in [0.717, 1.165) is 11.3 Å². The standard InChI is InChI=1S/C28H36F6N4O6/c1-2-44-25(42)19(29)12-16(11-15-8-9-35-22(15)39)36-23(40)21-18-7-6-17(13-27(18,30)31)38(21)24(41)20(10-14-4-3-5-14)37-26(43)28(32,33)34/h12,14-18,20-21H,2-11,13H2,1H3,(H,35,39)(H,36,40)(H,37,43)/b19-12+/t15-,16+,17-,18-,20+,21-/m0/s1. The normalized spacial score (nSPS) is 28.0. The molecule has 0 radical (unpaired) electrons. The Hall–Kier alpha value is -3.33. The lowest BCUT2D eigenvalue weighted by atomic mass is 9.71. The fraction of sp³-hybridized carbons (Fsp3) is 0.750. The molecule has 3 heterocycles. The first kappa shape index (κ1) is 33.6. The number of amides is 4. The van der Waals surface area contributed by atoms with Crippen LogP contribution in [0.2, 0.25) is 0 Å². The summed E-state index contributed by atoms with van der Waals surface area (Å²) in [7, 11) is 0. The summed E-state index contributed by atoms with van der Waals surface area (Å²) in [6.07, 6.45) is -3.60. The number of carbonyl (C=O) groups excluding carboxylic acids is 5. The molecule has 0 aromatic carbocycles. The van der Waals surface area contributed by atoms with Crippen molar-refractivity contribution < 1.29 is 55.1 Å². The van der Waals surface area contributed by atoms with E-state index in [2.05, 4.69) is 15.4 Å². The minimum Gasteiger partial charge on any atom is -0.461 e. The summed E-state index contributed by atoms with van der Waals surface area (Å²) in [5.74, 6) is -13.7. The molecule has 2 saturated carbocycles. The lowest BCUT2D eigenvalue weighted by Crippen LogP contribution is -2.71. The van der Waals surface area contributed by atoms with Gasteiger partial charge >= 0.3 is 18.1 Å². The van der Waals surface area contributed by atoms with Gasteiger partial charge in [-0.05, 0) is 51.0 Å². The molecule has 16 heteroatoms. The predicted octanol–water partition coefficient (Wildman–Crippen LogP) is 2.67. The van der Waals surface area contributed by atoms with Crippen LogP contribution in [0.25, 0.3) is 0 Å². The fourth-order valence-electron chi connectivity index (χ4n) is 6.59. The van der Waals surface area contributed by atoms with E-state index in [0.29, 0.717) is 31.9 Å². The van der Waals surface area contributed by atoms with Gasteiger partial charge in [-0.3, -0.25) is 19.2 Å². The second kappa shape index (κ2) is 13.3. The molecule has 4 amide bonds. The highest BCUT2D eigenvalue weighted by molar-refractivity contribution is 5.94. The van der Waals surface area contributed by atoms with Crippen molar-refractivity contribution in [1.82, 2.24) is 20.9 Å². The van der Waals surface area contributed by atoms with Crippen LogP contribution in [0.4, 0.5) is 26.3 Å². The Bertz CT molecular complexity index is 1180. The lowest BCUT2D eigenvalue weighted by molar-refractivity contribution is -0.196. The summed E-state index contributed by atoms with van der Waals surface area (Å²) < 4.78 is 89.1. The molecule has 3 aliphatic heterocycles. The maximum atomic E-state index is 15.2. The number of nitrogens with zero attached hydrogens (tertiary/aromatic N) is 1. The number of rotatable bonds is 11. The molecule has 5 rings (SSSR count). The Balaban J connectivity index is 1.64. The van der Waals surface area contributed by atoms with Gasteiger partial charge in [-0.1, -0.05) is 19.3 Å². The third-order valence-electron chi connectivity index (χ3n) is 8.96. The molecule has 10 nitrogen and oxygen atoms in total. The van der Waals surface area contributed by atoms with Crippen LogP contribution in [0.5, 0.6) is 0 Å². The summed E-state index contributed by atoms with van der Waals surface area (Å²) in [4.78, 5) is 64.4. The zero-order valence-electron chi connectivity index (χ0n) is 24.1. The molecule has 0 spiro atoms. The van der Waals surface area contributed by atoms with Crippen molar-refractivity contribution in [2.75, 3.05) is 13.2 Å². The van der Waals surface area contributed by atoms with Crippen LogP contribution in [0.3, 0.4) is 0 Å². The van der Waals surface area contributed by atoms with Gasteiger partial charge in [0.2, 0.25) is 23.5 Å². The summed E-state index contributed by atoms with van der Waals surface area (Å²) in [5, 5.41) is 6.69. The summed E-state index contributed by atoms with van der Waals surface area (Å²) in [6, 6.07) is -6.15.